The quantitative estimate of drug-likeness (QED) is 0.763. The van der Waals surface area contributed by atoms with Gasteiger partial charge in [0.25, 0.3) is 0 Å². The Kier molecular flexibility index (Phi) is 4.83. The van der Waals surface area contributed by atoms with Crippen molar-refractivity contribution in [2.75, 3.05) is 25.6 Å². The van der Waals surface area contributed by atoms with E-state index in [0.29, 0.717) is 6.42 Å². The number of hydrogen-bond acceptors (Lipinski definition) is 3. The second-order valence-electron chi connectivity index (χ2n) is 5.26. The number of hydrogen-bond donors (Lipinski definition) is 0. The summed E-state index contributed by atoms with van der Waals surface area (Å²) in [6.07, 6.45) is 6.39. The number of nitrogens with zero attached hydrogens (tertiary/aromatic N) is 1. The molecule has 2 rings (SSSR count). The van der Waals surface area contributed by atoms with E-state index in [1.165, 1.54) is 49.6 Å². The van der Waals surface area contributed by atoms with E-state index in [4.69, 9.17) is 0 Å². The van der Waals surface area contributed by atoms with Gasteiger partial charge in [0.2, 0.25) is 0 Å². The van der Waals surface area contributed by atoms with Crippen LogP contribution in [0.15, 0.2) is 18.2 Å². The molecule has 0 saturated carbocycles. The van der Waals surface area contributed by atoms with Gasteiger partial charge in [0.05, 0.1) is 7.11 Å². The maximum atomic E-state index is 11.1. The fourth-order valence-electron chi connectivity index (χ4n) is 2.65. The zero-order valence-corrected chi connectivity index (χ0v) is 11.9. The van der Waals surface area contributed by atoms with Gasteiger partial charge < -0.3 is 9.64 Å². The predicted molar refractivity (Wildman–Crippen MR) is 77.6 cm³/mol. The van der Waals surface area contributed by atoms with E-state index >= 15 is 0 Å². The second kappa shape index (κ2) is 6.60. The molecule has 0 bridgehead atoms. The first-order valence-electron chi connectivity index (χ1n) is 7.10. The van der Waals surface area contributed by atoms with Gasteiger partial charge in [0, 0.05) is 25.7 Å². The predicted octanol–water partition coefficient (Wildman–Crippen LogP) is 2.95. The highest BCUT2D eigenvalue weighted by Gasteiger charge is 2.11. The highest BCUT2D eigenvalue weighted by atomic mass is 16.5. The highest BCUT2D eigenvalue weighted by Crippen LogP contribution is 2.25. The van der Waals surface area contributed by atoms with Crippen LogP contribution in [-0.4, -0.2) is 26.7 Å². The normalized spacial score (nSPS) is 13.8. The number of esters is 1. The van der Waals surface area contributed by atoms with Gasteiger partial charge in [0.1, 0.15) is 0 Å². The molecule has 104 valence electrons. The minimum atomic E-state index is -0.126. The standard InChI is InChI=1S/C16H23NO2/c1-17(11-5-8-16(18)19-2)15-10-9-13-6-3-4-7-14(13)12-15/h9-10,12H,3-8,11H2,1-2H3. The van der Waals surface area contributed by atoms with Gasteiger partial charge in [-0.25, -0.2) is 0 Å². The third-order valence-corrected chi connectivity index (χ3v) is 3.87. The average Bonchev–Trinajstić information content (AvgIpc) is 2.46. The summed E-state index contributed by atoms with van der Waals surface area (Å²) < 4.78 is 4.65. The summed E-state index contributed by atoms with van der Waals surface area (Å²) in [5.41, 5.74) is 4.27. The molecule has 0 radical (unpaired) electrons. The van der Waals surface area contributed by atoms with E-state index in [0.717, 1.165) is 13.0 Å². The van der Waals surface area contributed by atoms with Crippen molar-refractivity contribution < 1.29 is 9.53 Å². The first kappa shape index (κ1) is 13.9. The largest absolute Gasteiger partial charge is 0.469 e. The van der Waals surface area contributed by atoms with Crippen LogP contribution in [-0.2, 0) is 22.4 Å². The van der Waals surface area contributed by atoms with E-state index in [9.17, 15) is 4.79 Å². The summed E-state index contributed by atoms with van der Waals surface area (Å²) in [5.74, 6) is -0.126. The van der Waals surface area contributed by atoms with Crippen LogP contribution in [0.25, 0.3) is 0 Å². The molecule has 0 amide bonds. The minimum Gasteiger partial charge on any atom is -0.469 e. The Hall–Kier alpha value is -1.51. The van der Waals surface area contributed by atoms with Crippen molar-refractivity contribution in [1.82, 2.24) is 0 Å². The molecule has 0 atom stereocenters. The van der Waals surface area contributed by atoms with Crippen molar-refractivity contribution in [2.45, 2.75) is 38.5 Å². The van der Waals surface area contributed by atoms with Crippen LogP contribution in [0.1, 0.15) is 36.8 Å². The highest BCUT2D eigenvalue weighted by molar-refractivity contribution is 5.69. The molecule has 1 aliphatic carbocycles. The van der Waals surface area contributed by atoms with Gasteiger partial charge in [-0.3, -0.25) is 4.79 Å². The molecule has 3 heteroatoms. The second-order valence-corrected chi connectivity index (χ2v) is 5.26. The number of carbonyl (C=O) groups is 1. The molecule has 0 fully saturated rings. The van der Waals surface area contributed by atoms with Crippen molar-refractivity contribution in [3.63, 3.8) is 0 Å². The SMILES string of the molecule is COC(=O)CCCN(C)c1ccc2c(c1)CCCC2. The third-order valence-electron chi connectivity index (χ3n) is 3.87. The number of benzene rings is 1. The lowest BCUT2D eigenvalue weighted by atomic mass is 9.91. The van der Waals surface area contributed by atoms with E-state index in [1.54, 1.807) is 0 Å². The van der Waals surface area contributed by atoms with Crippen molar-refractivity contribution >= 4 is 11.7 Å². The maximum Gasteiger partial charge on any atom is 0.305 e. The van der Waals surface area contributed by atoms with Gasteiger partial charge >= 0.3 is 5.97 Å². The molecule has 3 nitrogen and oxygen atoms in total. The minimum absolute atomic E-state index is 0.126. The molecule has 0 spiro atoms. The van der Waals surface area contributed by atoms with E-state index < -0.39 is 0 Å². The van der Waals surface area contributed by atoms with Crippen LogP contribution in [0.5, 0.6) is 0 Å². The van der Waals surface area contributed by atoms with Crippen LogP contribution in [0.2, 0.25) is 0 Å². The smallest absolute Gasteiger partial charge is 0.305 e. The first-order valence-corrected chi connectivity index (χ1v) is 7.10. The Balaban J connectivity index is 1.91. The fraction of sp³-hybridized carbons (Fsp3) is 0.562. The topological polar surface area (TPSA) is 29.5 Å². The van der Waals surface area contributed by atoms with E-state index in [2.05, 4.69) is 34.9 Å². The van der Waals surface area contributed by atoms with E-state index in [-0.39, 0.29) is 5.97 Å². The molecule has 0 N–H and O–H groups in total. The zero-order chi connectivity index (χ0) is 13.7. The summed E-state index contributed by atoms with van der Waals surface area (Å²) in [6.45, 7) is 0.883. The summed E-state index contributed by atoms with van der Waals surface area (Å²) in [7, 11) is 3.53. The molecule has 0 aliphatic heterocycles. The maximum absolute atomic E-state index is 11.1. The first-order chi connectivity index (χ1) is 9.20. The van der Waals surface area contributed by atoms with Gasteiger partial charge in [-0.1, -0.05) is 6.07 Å². The fourth-order valence-corrected chi connectivity index (χ4v) is 2.65. The Labute approximate surface area is 115 Å². The number of rotatable bonds is 5. The van der Waals surface area contributed by atoms with Crippen molar-refractivity contribution in [1.29, 1.82) is 0 Å². The van der Waals surface area contributed by atoms with Crippen molar-refractivity contribution in [3.8, 4) is 0 Å². The molecule has 0 heterocycles. The van der Waals surface area contributed by atoms with Crippen LogP contribution in [0, 0.1) is 0 Å². The molecular weight excluding hydrogens is 238 g/mol. The Morgan fingerprint density at radius 3 is 2.74 bits per heavy atom. The third kappa shape index (κ3) is 3.72. The Bertz CT molecular complexity index is 442. The lowest BCUT2D eigenvalue weighted by molar-refractivity contribution is -0.140. The number of fused-ring (bicyclic) bond motifs is 1. The molecule has 19 heavy (non-hydrogen) atoms. The lowest BCUT2D eigenvalue weighted by Crippen LogP contribution is -2.20. The average molecular weight is 261 g/mol. The van der Waals surface area contributed by atoms with Crippen molar-refractivity contribution in [3.05, 3.63) is 29.3 Å². The van der Waals surface area contributed by atoms with Crippen molar-refractivity contribution in [2.24, 2.45) is 0 Å². The number of anilines is 1. The van der Waals surface area contributed by atoms with Crippen LogP contribution < -0.4 is 4.90 Å². The monoisotopic (exact) mass is 261 g/mol. The number of aryl methyl sites for hydroxylation is 2. The molecule has 0 aromatic heterocycles. The molecule has 0 unspecified atom stereocenters. The summed E-state index contributed by atoms with van der Waals surface area (Å²) in [5, 5.41) is 0. The van der Waals surface area contributed by atoms with Gasteiger partial charge in [-0.05, 0) is 55.4 Å². The zero-order valence-electron chi connectivity index (χ0n) is 11.9. The number of carbonyl (C=O) groups excluding carboxylic acids is 1. The number of methoxy groups -OCH3 is 1. The molecule has 1 aromatic carbocycles. The molecule has 1 aliphatic rings. The number of ether oxygens (including phenoxy) is 1. The summed E-state index contributed by atoms with van der Waals surface area (Å²) in [6, 6.07) is 6.77. The Morgan fingerprint density at radius 1 is 1.26 bits per heavy atom. The Morgan fingerprint density at radius 2 is 2.00 bits per heavy atom. The van der Waals surface area contributed by atoms with Crippen LogP contribution >= 0.6 is 0 Å². The molecule has 1 aromatic rings. The van der Waals surface area contributed by atoms with Crippen LogP contribution in [0.3, 0.4) is 0 Å². The van der Waals surface area contributed by atoms with Gasteiger partial charge in [-0.2, -0.15) is 0 Å². The van der Waals surface area contributed by atoms with Gasteiger partial charge in [-0.15, -0.1) is 0 Å². The van der Waals surface area contributed by atoms with E-state index in [1.807, 2.05) is 0 Å². The summed E-state index contributed by atoms with van der Waals surface area (Å²) >= 11 is 0. The molecular formula is C16H23NO2. The summed E-state index contributed by atoms with van der Waals surface area (Å²) in [4.78, 5) is 13.3. The lowest BCUT2D eigenvalue weighted by Gasteiger charge is -2.23. The molecule has 0 saturated heterocycles. The van der Waals surface area contributed by atoms with Crippen LogP contribution in [0.4, 0.5) is 5.69 Å². The van der Waals surface area contributed by atoms with Gasteiger partial charge in [0.15, 0.2) is 0 Å².